The first-order valence-electron chi connectivity index (χ1n) is 13.4. The average molecular weight is 559 g/mol. The molecule has 2 aromatic carbocycles. The molecule has 5 rings (SSSR count). The SMILES string of the molecule is Cc1ccc(OC[C@H](C)NC(=O)OC(C)(C)C)cc1C(=O)NC1(c2cc(-c3nccs3)cc3ncccc23)CC1. The van der Waals surface area contributed by atoms with E-state index in [0.29, 0.717) is 11.3 Å². The van der Waals surface area contributed by atoms with Gasteiger partial charge in [0.1, 0.15) is 23.0 Å². The Hall–Kier alpha value is -3.98. The van der Waals surface area contributed by atoms with Crippen LogP contribution in [0.3, 0.4) is 0 Å². The number of ether oxygens (including phenoxy) is 2. The minimum absolute atomic E-state index is 0.155. The van der Waals surface area contributed by atoms with Gasteiger partial charge in [0, 0.05) is 34.3 Å². The number of pyridine rings is 1. The number of hydrogen-bond donors (Lipinski definition) is 2. The van der Waals surface area contributed by atoms with E-state index in [1.54, 1.807) is 29.8 Å². The fourth-order valence-electron chi connectivity index (χ4n) is 4.65. The molecule has 1 fully saturated rings. The zero-order valence-corrected chi connectivity index (χ0v) is 24.2. The van der Waals surface area contributed by atoms with Gasteiger partial charge in [-0.1, -0.05) is 12.1 Å². The molecule has 0 radical (unpaired) electrons. The molecule has 4 aromatic rings. The quantitative estimate of drug-likeness (QED) is 0.260. The molecule has 0 bridgehead atoms. The Morgan fingerprint density at radius 1 is 1.10 bits per heavy atom. The van der Waals surface area contributed by atoms with Crippen molar-refractivity contribution in [1.29, 1.82) is 0 Å². The van der Waals surface area contributed by atoms with Crippen molar-refractivity contribution in [1.82, 2.24) is 20.6 Å². The summed E-state index contributed by atoms with van der Waals surface area (Å²) >= 11 is 1.58. The lowest BCUT2D eigenvalue weighted by atomic mass is 9.95. The van der Waals surface area contributed by atoms with E-state index in [-0.39, 0.29) is 18.6 Å². The molecular formula is C31H34N4O4S. The summed E-state index contributed by atoms with van der Waals surface area (Å²) in [7, 11) is 0. The van der Waals surface area contributed by atoms with Crippen LogP contribution < -0.4 is 15.4 Å². The van der Waals surface area contributed by atoms with E-state index in [0.717, 1.165) is 45.4 Å². The molecule has 40 heavy (non-hydrogen) atoms. The Balaban J connectivity index is 1.33. The lowest BCUT2D eigenvalue weighted by Gasteiger charge is -2.22. The molecule has 1 aliphatic carbocycles. The molecule has 1 saturated carbocycles. The number of thiazole rings is 1. The van der Waals surface area contributed by atoms with Crippen molar-refractivity contribution in [3.05, 3.63) is 76.9 Å². The predicted molar refractivity (Wildman–Crippen MR) is 157 cm³/mol. The van der Waals surface area contributed by atoms with Crippen LogP contribution in [0.2, 0.25) is 0 Å². The number of nitrogens with zero attached hydrogens (tertiary/aromatic N) is 2. The topological polar surface area (TPSA) is 102 Å². The van der Waals surface area contributed by atoms with Gasteiger partial charge in [0.15, 0.2) is 0 Å². The van der Waals surface area contributed by atoms with Gasteiger partial charge in [0.25, 0.3) is 5.91 Å². The van der Waals surface area contributed by atoms with Crippen molar-refractivity contribution < 1.29 is 19.1 Å². The van der Waals surface area contributed by atoms with Gasteiger partial charge in [-0.3, -0.25) is 9.78 Å². The Labute approximate surface area is 238 Å². The van der Waals surface area contributed by atoms with E-state index in [9.17, 15) is 9.59 Å². The number of rotatable bonds is 8. The number of aromatic nitrogens is 2. The number of nitrogens with one attached hydrogen (secondary N) is 2. The number of fused-ring (bicyclic) bond motifs is 1. The summed E-state index contributed by atoms with van der Waals surface area (Å²) in [6, 6.07) is 13.4. The van der Waals surface area contributed by atoms with Gasteiger partial charge in [0.2, 0.25) is 0 Å². The maximum Gasteiger partial charge on any atom is 0.407 e. The van der Waals surface area contributed by atoms with Crippen molar-refractivity contribution in [3.8, 4) is 16.3 Å². The molecule has 9 heteroatoms. The van der Waals surface area contributed by atoms with Gasteiger partial charge in [0.05, 0.1) is 17.1 Å². The second-order valence-electron chi connectivity index (χ2n) is 11.3. The fraction of sp³-hybridized carbons (Fsp3) is 0.355. The maximum absolute atomic E-state index is 13.6. The predicted octanol–water partition coefficient (Wildman–Crippen LogP) is 6.38. The molecule has 2 amide bonds. The van der Waals surface area contributed by atoms with Crippen molar-refractivity contribution in [2.24, 2.45) is 0 Å². The molecule has 208 valence electrons. The molecule has 1 atom stereocenters. The minimum atomic E-state index is -0.576. The number of alkyl carbamates (subject to hydrolysis) is 1. The van der Waals surface area contributed by atoms with E-state index < -0.39 is 17.2 Å². The lowest BCUT2D eigenvalue weighted by molar-refractivity contribution is 0.0494. The van der Waals surface area contributed by atoms with Gasteiger partial charge in [-0.05, 0) is 88.9 Å². The third-order valence-electron chi connectivity index (χ3n) is 6.74. The normalized spacial score (nSPS) is 14.8. The molecule has 0 unspecified atom stereocenters. The van der Waals surface area contributed by atoms with Gasteiger partial charge >= 0.3 is 6.09 Å². The first kappa shape index (κ1) is 27.6. The molecule has 8 nitrogen and oxygen atoms in total. The molecule has 1 aliphatic rings. The number of carbonyl (C=O) groups is 2. The van der Waals surface area contributed by atoms with E-state index in [1.807, 2.05) is 58.2 Å². The highest BCUT2D eigenvalue weighted by molar-refractivity contribution is 7.13. The second kappa shape index (κ2) is 10.9. The molecule has 0 saturated heterocycles. The van der Waals surface area contributed by atoms with E-state index in [1.165, 1.54) is 0 Å². The highest BCUT2D eigenvalue weighted by atomic mass is 32.1. The molecule has 2 heterocycles. The summed E-state index contributed by atoms with van der Waals surface area (Å²) in [5.41, 5.74) is 3.29. The summed E-state index contributed by atoms with van der Waals surface area (Å²) < 4.78 is 11.2. The van der Waals surface area contributed by atoms with Crippen LogP contribution in [-0.4, -0.2) is 40.2 Å². The van der Waals surface area contributed by atoms with Crippen LogP contribution in [0.5, 0.6) is 5.75 Å². The average Bonchev–Trinajstić information content (AvgIpc) is 3.45. The van der Waals surface area contributed by atoms with Gasteiger partial charge in [-0.25, -0.2) is 9.78 Å². The molecule has 0 spiro atoms. The number of carbonyl (C=O) groups excluding carboxylic acids is 2. The lowest BCUT2D eigenvalue weighted by Crippen LogP contribution is -2.40. The van der Waals surface area contributed by atoms with Crippen molar-refractivity contribution in [2.45, 2.75) is 64.6 Å². The Morgan fingerprint density at radius 2 is 1.90 bits per heavy atom. The Bertz CT molecular complexity index is 1540. The highest BCUT2D eigenvalue weighted by Gasteiger charge is 2.47. The molecule has 2 N–H and O–H groups in total. The van der Waals surface area contributed by atoms with Crippen LogP contribution in [0.25, 0.3) is 21.5 Å². The standard InChI is InChI=1S/C31H34N4O4S/c1-19-8-9-22(38-18-20(2)34-29(37)39-30(3,4)5)17-24(19)27(36)35-31(10-11-31)25-15-21(28-33-13-14-40-28)16-26-23(25)7-6-12-32-26/h6-9,12-17,20H,10-11,18H2,1-5H3,(H,34,37)(H,35,36)/t20-/m0/s1. The van der Waals surface area contributed by atoms with Gasteiger partial charge in [-0.2, -0.15) is 0 Å². The number of hydrogen-bond acceptors (Lipinski definition) is 7. The van der Waals surface area contributed by atoms with E-state index in [4.69, 9.17) is 9.47 Å². The maximum atomic E-state index is 13.6. The van der Waals surface area contributed by atoms with Crippen LogP contribution in [0, 0.1) is 6.92 Å². The summed E-state index contributed by atoms with van der Waals surface area (Å²) in [6.45, 7) is 9.42. The fourth-order valence-corrected chi connectivity index (χ4v) is 5.27. The zero-order chi connectivity index (χ0) is 28.5. The van der Waals surface area contributed by atoms with Crippen LogP contribution in [0.1, 0.15) is 62.0 Å². The number of benzene rings is 2. The van der Waals surface area contributed by atoms with Gasteiger partial charge < -0.3 is 20.1 Å². The first-order valence-corrected chi connectivity index (χ1v) is 14.3. The van der Waals surface area contributed by atoms with Gasteiger partial charge in [-0.15, -0.1) is 11.3 Å². The largest absolute Gasteiger partial charge is 0.491 e. The van der Waals surface area contributed by atoms with Crippen molar-refractivity contribution in [2.75, 3.05) is 6.61 Å². The summed E-state index contributed by atoms with van der Waals surface area (Å²) in [6.07, 6.45) is 4.77. The summed E-state index contributed by atoms with van der Waals surface area (Å²) in [4.78, 5) is 34.8. The van der Waals surface area contributed by atoms with Crippen LogP contribution in [-0.2, 0) is 10.3 Å². The number of aryl methyl sites for hydroxylation is 1. The Morgan fingerprint density at radius 3 is 2.60 bits per heavy atom. The van der Waals surface area contributed by atoms with Crippen molar-refractivity contribution in [3.63, 3.8) is 0 Å². The van der Waals surface area contributed by atoms with E-state index >= 15 is 0 Å². The summed E-state index contributed by atoms with van der Waals surface area (Å²) in [5.74, 6) is 0.399. The number of amides is 2. The molecular weight excluding hydrogens is 524 g/mol. The third kappa shape index (κ3) is 6.25. The zero-order valence-electron chi connectivity index (χ0n) is 23.4. The van der Waals surface area contributed by atoms with Crippen LogP contribution >= 0.6 is 11.3 Å². The smallest absolute Gasteiger partial charge is 0.407 e. The van der Waals surface area contributed by atoms with Crippen molar-refractivity contribution >= 4 is 34.2 Å². The Kier molecular flexibility index (Phi) is 7.51. The van der Waals surface area contributed by atoms with Crippen LogP contribution in [0.4, 0.5) is 4.79 Å². The monoisotopic (exact) mass is 558 g/mol. The second-order valence-corrected chi connectivity index (χ2v) is 12.2. The highest BCUT2D eigenvalue weighted by Crippen LogP contribution is 2.49. The van der Waals surface area contributed by atoms with E-state index in [2.05, 4.69) is 38.8 Å². The minimum Gasteiger partial charge on any atom is -0.491 e. The summed E-state index contributed by atoms with van der Waals surface area (Å²) in [5, 5.41) is 10.0. The molecule has 2 aromatic heterocycles. The van der Waals surface area contributed by atoms with Crippen LogP contribution in [0.15, 0.2) is 60.2 Å². The first-order chi connectivity index (χ1) is 19.0. The third-order valence-corrected chi connectivity index (χ3v) is 7.56. The molecule has 0 aliphatic heterocycles.